The minimum Gasteiger partial charge on any atom is -0.487 e. The van der Waals surface area contributed by atoms with Crippen LogP contribution in [0.15, 0.2) is 48.5 Å². The molecule has 1 heterocycles. The summed E-state index contributed by atoms with van der Waals surface area (Å²) in [7, 11) is -3.61. The van der Waals surface area contributed by atoms with E-state index < -0.39 is 15.6 Å². The van der Waals surface area contributed by atoms with Gasteiger partial charge in [0.15, 0.2) is 0 Å². The maximum Gasteiger partial charge on any atom is 0.241 e. The van der Waals surface area contributed by atoms with Gasteiger partial charge in [0.2, 0.25) is 15.9 Å². The van der Waals surface area contributed by atoms with Gasteiger partial charge < -0.3 is 10.1 Å². The summed E-state index contributed by atoms with van der Waals surface area (Å²) in [6.45, 7) is 5.70. The lowest BCUT2D eigenvalue weighted by Crippen LogP contribution is -2.45. The van der Waals surface area contributed by atoms with Gasteiger partial charge in [0.25, 0.3) is 0 Å². The molecule has 0 spiro atoms. The Balaban J connectivity index is 1.80. The number of hydrogen-bond acceptors (Lipinski definition) is 4. The summed E-state index contributed by atoms with van der Waals surface area (Å²) in [5.41, 5.74) is 2.05. The zero-order valence-electron chi connectivity index (χ0n) is 17.3. The number of amides is 1. The molecule has 0 bridgehead atoms. The topological polar surface area (TPSA) is 75.7 Å². The number of para-hydroxylation sites is 1. The molecule has 7 heteroatoms. The summed E-state index contributed by atoms with van der Waals surface area (Å²) < 4.78 is 31.8. The van der Waals surface area contributed by atoms with Crippen LogP contribution >= 0.6 is 0 Å². The van der Waals surface area contributed by atoms with Crippen molar-refractivity contribution in [2.24, 2.45) is 0 Å². The van der Waals surface area contributed by atoms with Crippen LogP contribution < -0.4 is 14.4 Å². The molecule has 1 aliphatic heterocycles. The van der Waals surface area contributed by atoms with Gasteiger partial charge in [-0.15, -0.1) is 0 Å². The number of sulfonamides is 1. The summed E-state index contributed by atoms with van der Waals surface area (Å²) in [5.74, 6) is 0.386. The second kappa shape index (κ2) is 8.06. The Morgan fingerprint density at radius 1 is 1.17 bits per heavy atom. The van der Waals surface area contributed by atoms with Crippen molar-refractivity contribution in [1.29, 1.82) is 0 Å². The van der Waals surface area contributed by atoms with Crippen LogP contribution in [-0.4, -0.2) is 32.7 Å². The SMILES string of the molecule is CCc1ccc(N(CC(=O)N[C@H]2CC(C)(C)Oc3ccccc32)S(C)(=O)=O)cc1. The number of benzene rings is 2. The molecule has 1 amide bonds. The Kier molecular flexibility index (Phi) is 5.89. The van der Waals surface area contributed by atoms with Crippen LogP contribution in [-0.2, 0) is 21.2 Å². The fraction of sp³-hybridized carbons (Fsp3) is 0.409. The van der Waals surface area contributed by atoms with Crippen LogP contribution in [0, 0.1) is 0 Å². The number of fused-ring (bicyclic) bond motifs is 1. The second-order valence-corrected chi connectivity index (χ2v) is 9.92. The Morgan fingerprint density at radius 3 is 2.45 bits per heavy atom. The zero-order chi connectivity index (χ0) is 21.2. The molecule has 156 valence electrons. The summed E-state index contributed by atoms with van der Waals surface area (Å²) in [6, 6.07) is 14.6. The summed E-state index contributed by atoms with van der Waals surface area (Å²) in [6.07, 6.45) is 2.57. The molecule has 3 rings (SSSR count). The van der Waals surface area contributed by atoms with E-state index in [0.29, 0.717) is 12.1 Å². The first-order chi connectivity index (χ1) is 13.6. The highest BCUT2D eigenvalue weighted by Crippen LogP contribution is 2.39. The van der Waals surface area contributed by atoms with Gasteiger partial charge in [-0.3, -0.25) is 9.10 Å². The van der Waals surface area contributed by atoms with Crippen molar-refractivity contribution in [2.45, 2.75) is 45.3 Å². The molecule has 2 aromatic carbocycles. The van der Waals surface area contributed by atoms with Gasteiger partial charge in [-0.2, -0.15) is 0 Å². The number of carbonyl (C=O) groups is 1. The van der Waals surface area contributed by atoms with Crippen molar-refractivity contribution in [3.63, 3.8) is 0 Å². The van der Waals surface area contributed by atoms with Crippen molar-refractivity contribution in [3.8, 4) is 5.75 Å². The fourth-order valence-electron chi connectivity index (χ4n) is 3.60. The van der Waals surface area contributed by atoms with Gasteiger partial charge >= 0.3 is 0 Å². The van der Waals surface area contributed by atoms with Gasteiger partial charge in [-0.05, 0) is 44.0 Å². The third kappa shape index (κ3) is 5.09. The largest absolute Gasteiger partial charge is 0.487 e. The van der Waals surface area contributed by atoms with E-state index >= 15 is 0 Å². The molecule has 0 aliphatic carbocycles. The molecule has 0 saturated carbocycles. The third-order valence-electron chi connectivity index (χ3n) is 5.03. The van der Waals surface area contributed by atoms with Crippen LogP contribution in [0.3, 0.4) is 0 Å². The lowest BCUT2D eigenvalue weighted by Gasteiger charge is -2.38. The molecular weight excluding hydrogens is 388 g/mol. The normalized spacial score (nSPS) is 17.7. The van der Waals surface area contributed by atoms with Crippen LogP contribution in [0.4, 0.5) is 5.69 Å². The van der Waals surface area contributed by atoms with E-state index in [4.69, 9.17) is 4.74 Å². The van der Waals surface area contributed by atoms with Crippen molar-refractivity contribution in [1.82, 2.24) is 5.32 Å². The Morgan fingerprint density at radius 2 is 1.83 bits per heavy atom. The lowest BCUT2D eigenvalue weighted by molar-refractivity contribution is -0.120. The fourth-order valence-corrected chi connectivity index (χ4v) is 4.46. The first kappa shape index (κ1) is 21.2. The number of hydrogen-bond donors (Lipinski definition) is 1. The van der Waals surface area contributed by atoms with Gasteiger partial charge in [0.1, 0.15) is 17.9 Å². The molecule has 1 N–H and O–H groups in total. The van der Waals surface area contributed by atoms with Crippen LogP contribution in [0.25, 0.3) is 0 Å². The molecule has 2 aromatic rings. The van der Waals surface area contributed by atoms with E-state index in [2.05, 4.69) is 5.32 Å². The second-order valence-electron chi connectivity index (χ2n) is 8.01. The number of anilines is 1. The molecule has 6 nitrogen and oxygen atoms in total. The van der Waals surface area contributed by atoms with Gasteiger partial charge in [0.05, 0.1) is 18.0 Å². The number of ether oxygens (including phenoxy) is 1. The smallest absolute Gasteiger partial charge is 0.241 e. The molecule has 29 heavy (non-hydrogen) atoms. The first-order valence-corrected chi connectivity index (χ1v) is 11.6. The van der Waals surface area contributed by atoms with E-state index in [0.717, 1.165) is 33.9 Å². The Bertz CT molecular complexity index is 984. The number of nitrogens with zero attached hydrogens (tertiary/aromatic N) is 1. The average molecular weight is 417 g/mol. The number of aryl methyl sites for hydroxylation is 1. The summed E-state index contributed by atoms with van der Waals surface area (Å²) in [4.78, 5) is 12.8. The molecule has 0 unspecified atom stereocenters. The van der Waals surface area contributed by atoms with Crippen molar-refractivity contribution in [2.75, 3.05) is 17.1 Å². The van der Waals surface area contributed by atoms with E-state index in [1.54, 1.807) is 12.1 Å². The Hall–Kier alpha value is -2.54. The highest BCUT2D eigenvalue weighted by molar-refractivity contribution is 7.92. The van der Waals surface area contributed by atoms with E-state index in [1.165, 1.54) is 0 Å². The van der Waals surface area contributed by atoms with Gasteiger partial charge in [-0.1, -0.05) is 37.3 Å². The monoisotopic (exact) mass is 416 g/mol. The molecule has 0 radical (unpaired) electrons. The van der Waals surface area contributed by atoms with Crippen LogP contribution in [0.5, 0.6) is 5.75 Å². The maximum absolute atomic E-state index is 12.8. The van der Waals surface area contributed by atoms with E-state index in [-0.39, 0.29) is 18.5 Å². The minimum absolute atomic E-state index is 0.244. The molecule has 1 atom stereocenters. The first-order valence-electron chi connectivity index (χ1n) is 9.73. The molecule has 0 saturated heterocycles. The van der Waals surface area contributed by atoms with E-state index in [1.807, 2.05) is 57.2 Å². The minimum atomic E-state index is -3.61. The number of carbonyl (C=O) groups excluding carboxylic acids is 1. The molecule has 1 aliphatic rings. The zero-order valence-corrected chi connectivity index (χ0v) is 18.1. The van der Waals surface area contributed by atoms with E-state index in [9.17, 15) is 13.2 Å². The third-order valence-corrected chi connectivity index (χ3v) is 6.17. The highest BCUT2D eigenvalue weighted by atomic mass is 32.2. The highest BCUT2D eigenvalue weighted by Gasteiger charge is 2.34. The van der Waals surface area contributed by atoms with Crippen molar-refractivity contribution in [3.05, 3.63) is 59.7 Å². The predicted octanol–water partition coefficient (Wildman–Crippen LogP) is 3.43. The van der Waals surface area contributed by atoms with Gasteiger partial charge in [-0.25, -0.2) is 8.42 Å². The van der Waals surface area contributed by atoms with Crippen LogP contribution in [0.2, 0.25) is 0 Å². The Labute approximate surface area is 172 Å². The predicted molar refractivity (Wildman–Crippen MR) is 115 cm³/mol. The average Bonchev–Trinajstić information content (AvgIpc) is 2.64. The number of nitrogens with one attached hydrogen (secondary N) is 1. The molecular formula is C22H28N2O4S. The molecule has 0 fully saturated rings. The van der Waals surface area contributed by atoms with Crippen molar-refractivity contribution < 1.29 is 17.9 Å². The van der Waals surface area contributed by atoms with Gasteiger partial charge in [0, 0.05) is 12.0 Å². The maximum atomic E-state index is 12.8. The quantitative estimate of drug-likeness (QED) is 0.783. The summed E-state index contributed by atoms with van der Waals surface area (Å²) in [5, 5.41) is 3.00. The summed E-state index contributed by atoms with van der Waals surface area (Å²) >= 11 is 0. The number of rotatable bonds is 6. The lowest BCUT2D eigenvalue weighted by atomic mass is 9.89. The standard InChI is InChI=1S/C22H28N2O4S/c1-5-16-10-12-17(13-11-16)24(29(4,26)27)15-21(25)23-19-14-22(2,3)28-20-9-7-6-8-18(19)20/h6-13,19H,5,14-15H2,1-4H3,(H,23,25)/t19-/m0/s1. The molecule has 0 aromatic heterocycles. The van der Waals surface area contributed by atoms with Crippen LogP contribution in [0.1, 0.15) is 44.4 Å². The van der Waals surface area contributed by atoms with Crippen molar-refractivity contribution >= 4 is 21.6 Å².